The Morgan fingerprint density at radius 2 is 1.68 bits per heavy atom. The van der Waals surface area contributed by atoms with Crippen molar-refractivity contribution >= 4 is 17.8 Å². The highest BCUT2D eigenvalue weighted by molar-refractivity contribution is 5.84. The van der Waals surface area contributed by atoms with Crippen LogP contribution in [0.2, 0.25) is 0 Å². The molecule has 0 N–H and O–H groups in total. The average Bonchev–Trinajstić information content (AvgIpc) is 2.97. The number of piperidine rings is 2. The second kappa shape index (κ2) is 12.6. The molecule has 0 bridgehead atoms. The van der Waals surface area contributed by atoms with Crippen molar-refractivity contribution in [3.63, 3.8) is 0 Å². The van der Waals surface area contributed by atoms with E-state index in [1.807, 2.05) is 41.8 Å². The first-order chi connectivity index (χ1) is 19.4. The molecular weight excluding hydrogens is 502 g/mol. The van der Waals surface area contributed by atoms with Crippen LogP contribution in [-0.4, -0.2) is 77.5 Å². The minimum Gasteiger partial charge on any atom is -0.491 e. The molecule has 3 aliphatic heterocycles. The van der Waals surface area contributed by atoms with E-state index in [-0.39, 0.29) is 23.1 Å². The largest absolute Gasteiger partial charge is 0.491 e. The van der Waals surface area contributed by atoms with Gasteiger partial charge in [-0.1, -0.05) is 24.6 Å². The number of likely N-dealkylation sites (tertiary alicyclic amines) is 1. The molecule has 2 aromatic rings. The average molecular weight is 548 g/mol. The molecule has 0 unspecified atom stereocenters. The Labute approximate surface area is 239 Å². The Morgan fingerprint density at radius 3 is 2.38 bits per heavy atom. The summed E-state index contributed by atoms with van der Waals surface area (Å²) < 4.78 is 6.12. The Balaban J connectivity index is 1.20. The van der Waals surface area contributed by atoms with Crippen LogP contribution in [0.5, 0.6) is 5.75 Å². The molecule has 2 saturated heterocycles. The fourth-order valence-corrected chi connectivity index (χ4v) is 6.79. The summed E-state index contributed by atoms with van der Waals surface area (Å²) in [4.78, 5) is 43.0. The third-order valence-electron chi connectivity index (χ3n) is 9.20. The summed E-state index contributed by atoms with van der Waals surface area (Å²) in [6, 6.07) is 10.3. The van der Waals surface area contributed by atoms with Crippen molar-refractivity contribution in [3.8, 4) is 5.75 Å². The molecule has 216 valence electrons. The van der Waals surface area contributed by atoms with Crippen molar-refractivity contribution in [1.29, 1.82) is 0 Å². The lowest BCUT2D eigenvalue weighted by Crippen LogP contribution is -2.53. The van der Waals surface area contributed by atoms with E-state index in [1.54, 1.807) is 0 Å². The van der Waals surface area contributed by atoms with Crippen LogP contribution in [0.15, 0.2) is 30.3 Å². The van der Waals surface area contributed by atoms with Crippen molar-refractivity contribution in [2.75, 3.05) is 50.8 Å². The van der Waals surface area contributed by atoms with E-state index in [0.717, 1.165) is 87.5 Å². The summed E-state index contributed by atoms with van der Waals surface area (Å²) in [6.45, 7) is 10.8. The number of likely N-dealkylation sites (N-methyl/N-ethyl adjacent to an activating group) is 1. The number of carbonyl (C=O) groups is 2. The summed E-state index contributed by atoms with van der Waals surface area (Å²) in [5.41, 5.74) is 2.82. The van der Waals surface area contributed by atoms with Gasteiger partial charge in [0, 0.05) is 50.0 Å². The summed E-state index contributed by atoms with van der Waals surface area (Å²) in [6.07, 6.45) is 7.04. The van der Waals surface area contributed by atoms with E-state index >= 15 is 0 Å². The SMILES string of the molecule is CCN1CCOc2ccccc2CCCCC2(CCN(C(=O)C3CCN(c4nc(C)cc(C)n4)CC3)CC2)C1=O. The maximum atomic E-state index is 14.0. The van der Waals surface area contributed by atoms with Crippen LogP contribution in [0, 0.1) is 25.2 Å². The van der Waals surface area contributed by atoms with Crippen LogP contribution in [0.3, 0.4) is 0 Å². The molecule has 3 aliphatic rings. The summed E-state index contributed by atoms with van der Waals surface area (Å²) in [5.74, 6) is 2.27. The van der Waals surface area contributed by atoms with Gasteiger partial charge in [-0.15, -0.1) is 0 Å². The Hall–Kier alpha value is -3.16. The molecule has 1 aromatic carbocycles. The van der Waals surface area contributed by atoms with Gasteiger partial charge in [0.2, 0.25) is 17.8 Å². The lowest BCUT2D eigenvalue weighted by Gasteiger charge is -2.44. The number of benzene rings is 1. The molecule has 8 heteroatoms. The van der Waals surface area contributed by atoms with Crippen LogP contribution in [-0.2, 0) is 16.0 Å². The number of rotatable bonds is 3. The van der Waals surface area contributed by atoms with Gasteiger partial charge in [0.05, 0.1) is 12.0 Å². The van der Waals surface area contributed by atoms with Gasteiger partial charge in [0.25, 0.3) is 0 Å². The third-order valence-corrected chi connectivity index (χ3v) is 9.20. The molecule has 40 heavy (non-hydrogen) atoms. The maximum absolute atomic E-state index is 14.0. The lowest BCUT2D eigenvalue weighted by atomic mass is 9.72. The molecule has 2 fully saturated rings. The standard InChI is InChI=1S/C32H45N5O3/c1-4-35-21-22-40-28-11-6-5-9-26(28)10-7-8-14-32(30(35)39)15-19-36(20-16-32)29(38)27-12-17-37(18-13-27)31-33-24(2)23-25(3)34-31/h5-6,9,11,23,27H,4,7-8,10,12-22H2,1-3H3. The number of anilines is 1. The smallest absolute Gasteiger partial charge is 0.229 e. The molecule has 0 saturated carbocycles. The fraction of sp³-hybridized carbons (Fsp3) is 0.625. The highest BCUT2D eigenvalue weighted by Gasteiger charge is 2.44. The van der Waals surface area contributed by atoms with E-state index < -0.39 is 0 Å². The summed E-state index contributed by atoms with van der Waals surface area (Å²) in [5, 5.41) is 0. The van der Waals surface area contributed by atoms with Crippen LogP contribution in [0.4, 0.5) is 5.95 Å². The van der Waals surface area contributed by atoms with Crippen LogP contribution < -0.4 is 9.64 Å². The second-order valence-electron chi connectivity index (χ2n) is 11.9. The molecule has 2 amide bonds. The predicted molar refractivity (Wildman–Crippen MR) is 156 cm³/mol. The first-order valence-electron chi connectivity index (χ1n) is 15.2. The quantitative estimate of drug-likeness (QED) is 0.560. The first kappa shape index (κ1) is 28.4. The molecular formula is C32H45N5O3. The molecule has 0 atom stereocenters. The van der Waals surface area contributed by atoms with Gasteiger partial charge in [-0.25, -0.2) is 9.97 Å². The number of fused-ring (bicyclic) bond motifs is 1. The van der Waals surface area contributed by atoms with E-state index in [4.69, 9.17) is 4.74 Å². The Kier molecular flexibility index (Phi) is 8.91. The van der Waals surface area contributed by atoms with Crippen molar-refractivity contribution in [2.45, 2.75) is 72.1 Å². The van der Waals surface area contributed by atoms with Crippen LogP contribution in [0.25, 0.3) is 0 Å². The van der Waals surface area contributed by atoms with Gasteiger partial charge in [-0.2, -0.15) is 0 Å². The second-order valence-corrected chi connectivity index (χ2v) is 11.9. The van der Waals surface area contributed by atoms with Gasteiger partial charge >= 0.3 is 0 Å². The molecule has 8 nitrogen and oxygen atoms in total. The Bertz CT molecular complexity index is 1160. The molecule has 0 radical (unpaired) electrons. The number of ether oxygens (including phenoxy) is 1. The van der Waals surface area contributed by atoms with Gasteiger partial charge in [0.15, 0.2) is 0 Å². The predicted octanol–water partition coefficient (Wildman–Crippen LogP) is 4.57. The van der Waals surface area contributed by atoms with Gasteiger partial charge < -0.3 is 19.4 Å². The zero-order valence-corrected chi connectivity index (χ0v) is 24.5. The minimum atomic E-state index is -0.380. The van der Waals surface area contributed by atoms with Crippen LogP contribution in [0.1, 0.15) is 68.8 Å². The van der Waals surface area contributed by atoms with E-state index in [2.05, 4.69) is 33.9 Å². The number of nitrogens with zero attached hydrogens (tertiary/aromatic N) is 5. The number of hydrogen-bond donors (Lipinski definition) is 0. The van der Waals surface area contributed by atoms with Gasteiger partial charge in [-0.05, 0) is 83.4 Å². The van der Waals surface area contributed by atoms with E-state index in [1.165, 1.54) is 5.56 Å². The van der Waals surface area contributed by atoms with Crippen LogP contribution >= 0.6 is 0 Å². The number of amides is 2. The topological polar surface area (TPSA) is 78.9 Å². The first-order valence-corrected chi connectivity index (χ1v) is 15.2. The summed E-state index contributed by atoms with van der Waals surface area (Å²) in [7, 11) is 0. The molecule has 5 rings (SSSR count). The summed E-state index contributed by atoms with van der Waals surface area (Å²) >= 11 is 0. The number of aromatic nitrogens is 2. The van der Waals surface area contributed by atoms with Crippen molar-refractivity contribution in [2.24, 2.45) is 11.3 Å². The Morgan fingerprint density at radius 1 is 0.975 bits per heavy atom. The number of carbonyl (C=O) groups excluding carboxylic acids is 2. The van der Waals surface area contributed by atoms with Gasteiger partial charge in [0.1, 0.15) is 12.4 Å². The van der Waals surface area contributed by atoms with Crippen molar-refractivity contribution < 1.29 is 14.3 Å². The normalized spacial score (nSPS) is 20.9. The fourth-order valence-electron chi connectivity index (χ4n) is 6.79. The monoisotopic (exact) mass is 547 g/mol. The zero-order chi connectivity index (χ0) is 28.1. The maximum Gasteiger partial charge on any atom is 0.229 e. The van der Waals surface area contributed by atoms with E-state index in [9.17, 15) is 9.59 Å². The minimum absolute atomic E-state index is 0.0348. The zero-order valence-electron chi connectivity index (χ0n) is 24.5. The highest BCUT2D eigenvalue weighted by Crippen LogP contribution is 2.40. The molecule has 1 aromatic heterocycles. The van der Waals surface area contributed by atoms with Crippen molar-refractivity contribution in [3.05, 3.63) is 47.3 Å². The lowest BCUT2D eigenvalue weighted by molar-refractivity contribution is -0.150. The van der Waals surface area contributed by atoms with Crippen molar-refractivity contribution in [1.82, 2.24) is 19.8 Å². The molecule has 1 spiro atoms. The molecule has 0 aliphatic carbocycles. The number of para-hydroxylation sites is 1. The van der Waals surface area contributed by atoms with E-state index in [0.29, 0.717) is 32.8 Å². The third kappa shape index (κ3) is 6.26. The number of aryl methyl sites for hydroxylation is 3. The molecule has 4 heterocycles. The highest BCUT2D eigenvalue weighted by atomic mass is 16.5. The van der Waals surface area contributed by atoms with Gasteiger partial charge in [-0.3, -0.25) is 9.59 Å². The number of hydrogen-bond acceptors (Lipinski definition) is 6.